The second kappa shape index (κ2) is 5.48. The van der Waals surface area contributed by atoms with Gasteiger partial charge in [-0.3, -0.25) is 4.98 Å². The molecule has 106 valence electrons. The SMILES string of the molecule is CC1OCCC1(O)CNCc1ccc2cnccc2c1. The number of aromatic nitrogens is 1. The van der Waals surface area contributed by atoms with E-state index in [-0.39, 0.29) is 6.10 Å². The molecule has 1 aliphatic rings. The lowest BCUT2D eigenvalue weighted by atomic mass is 9.96. The lowest BCUT2D eigenvalue weighted by Crippen LogP contribution is -2.45. The fourth-order valence-corrected chi connectivity index (χ4v) is 2.67. The van der Waals surface area contributed by atoms with E-state index in [2.05, 4.69) is 28.5 Å². The molecule has 0 amide bonds. The normalized spacial score (nSPS) is 26.2. The Labute approximate surface area is 118 Å². The molecule has 2 unspecified atom stereocenters. The first kappa shape index (κ1) is 13.5. The lowest BCUT2D eigenvalue weighted by Gasteiger charge is -2.26. The molecule has 0 radical (unpaired) electrons. The van der Waals surface area contributed by atoms with Crippen LogP contribution >= 0.6 is 0 Å². The van der Waals surface area contributed by atoms with Gasteiger partial charge in [0.25, 0.3) is 0 Å². The van der Waals surface area contributed by atoms with Gasteiger partial charge in [-0.15, -0.1) is 0 Å². The van der Waals surface area contributed by atoms with E-state index in [1.165, 1.54) is 10.9 Å². The number of ether oxygens (including phenoxy) is 1. The summed E-state index contributed by atoms with van der Waals surface area (Å²) in [5, 5.41) is 16.1. The highest BCUT2D eigenvalue weighted by atomic mass is 16.5. The lowest BCUT2D eigenvalue weighted by molar-refractivity contribution is -0.0262. The van der Waals surface area contributed by atoms with E-state index in [0.717, 1.165) is 11.9 Å². The molecule has 0 spiro atoms. The van der Waals surface area contributed by atoms with Gasteiger partial charge in [0.05, 0.1) is 6.10 Å². The molecule has 1 saturated heterocycles. The Bertz CT molecular complexity index is 602. The van der Waals surface area contributed by atoms with Crippen LogP contribution in [0, 0.1) is 0 Å². The molecule has 20 heavy (non-hydrogen) atoms. The van der Waals surface area contributed by atoms with Crippen LogP contribution in [-0.4, -0.2) is 34.9 Å². The van der Waals surface area contributed by atoms with Gasteiger partial charge in [-0.2, -0.15) is 0 Å². The van der Waals surface area contributed by atoms with Gasteiger partial charge in [0.15, 0.2) is 0 Å². The first-order chi connectivity index (χ1) is 9.67. The first-order valence-corrected chi connectivity index (χ1v) is 7.05. The number of nitrogens with zero attached hydrogens (tertiary/aromatic N) is 1. The number of pyridine rings is 1. The predicted octanol–water partition coefficient (Wildman–Crippen LogP) is 1.86. The predicted molar refractivity (Wildman–Crippen MR) is 78.4 cm³/mol. The van der Waals surface area contributed by atoms with Crippen molar-refractivity contribution in [1.29, 1.82) is 0 Å². The molecule has 0 aliphatic carbocycles. The molecule has 2 aromatic rings. The minimum atomic E-state index is -0.735. The summed E-state index contributed by atoms with van der Waals surface area (Å²) in [6.07, 6.45) is 4.27. The molecule has 2 N–H and O–H groups in total. The Kier molecular flexibility index (Phi) is 3.70. The molecule has 1 aromatic carbocycles. The van der Waals surface area contributed by atoms with Crippen molar-refractivity contribution >= 4 is 10.8 Å². The monoisotopic (exact) mass is 272 g/mol. The van der Waals surface area contributed by atoms with Crippen LogP contribution < -0.4 is 5.32 Å². The molecule has 4 nitrogen and oxygen atoms in total. The van der Waals surface area contributed by atoms with Crippen LogP contribution in [0.4, 0.5) is 0 Å². The highest BCUT2D eigenvalue weighted by Crippen LogP contribution is 2.24. The van der Waals surface area contributed by atoms with Crippen LogP contribution in [0.25, 0.3) is 10.8 Å². The summed E-state index contributed by atoms with van der Waals surface area (Å²) in [4.78, 5) is 4.11. The van der Waals surface area contributed by atoms with Gasteiger partial charge in [-0.25, -0.2) is 0 Å². The minimum Gasteiger partial charge on any atom is -0.386 e. The van der Waals surface area contributed by atoms with Crippen molar-refractivity contribution in [2.24, 2.45) is 0 Å². The Balaban J connectivity index is 1.62. The zero-order chi connectivity index (χ0) is 14.0. The number of nitrogens with one attached hydrogen (secondary N) is 1. The Hall–Kier alpha value is -1.49. The van der Waals surface area contributed by atoms with Gasteiger partial charge in [-0.1, -0.05) is 12.1 Å². The zero-order valence-corrected chi connectivity index (χ0v) is 11.7. The molecule has 3 rings (SSSR count). The summed E-state index contributed by atoms with van der Waals surface area (Å²) in [6, 6.07) is 8.34. The third-order valence-corrected chi connectivity index (χ3v) is 4.12. The van der Waals surface area contributed by atoms with Crippen LogP contribution in [0.5, 0.6) is 0 Å². The summed E-state index contributed by atoms with van der Waals surface area (Å²) < 4.78 is 5.43. The summed E-state index contributed by atoms with van der Waals surface area (Å²) in [5.41, 5.74) is 0.472. The number of benzene rings is 1. The molecule has 0 bridgehead atoms. The molecule has 0 saturated carbocycles. The largest absolute Gasteiger partial charge is 0.386 e. The van der Waals surface area contributed by atoms with Gasteiger partial charge < -0.3 is 15.2 Å². The van der Waals surface area contributed by atoms with Crippen LogP contribution in [0.3, 0.4) is 0 Å². The molecule has 2 heterocycles. The van der Waals surface area contributed by atoms with Crippen LogP contribution in [0.2, 0.25) is 0 Å². The third kappa shape index (κ3) is 2.68. The topological polar surface area (TPSA) is 54.4 Å². The number of rotatable bonds is 4. The van der Waals surface area contributed by atoms with Gasteiger partial charge in [0, 0.05) is 43.9 Å². The Morgan fingerprint density at radius 3 is 3.10 bits per heavy atom. The summed E-state index contributed by atoms with van der Waals surface area (Å²) in [6.45, 7) is 3.87. The molecule has 1 fully saturated rings. The van der Waals surface area contributed by atoms with Crippen LogP contribution in [-0.2, 0) is 11.3 Å². The quantitative estimate of drug-likeness (QED) is 0.892. The summed E-state index contributed by atoms with van der Waals surface area (Å²) >= 11 is 0. The van der Waals surface area contributed by atoms with E-state index in [1.807, 2.05) is 19.2 Å². The average molecular weight is 272 g/mol. The van der Waals surface area contributed by atoms with E-state index >= 15 is 0 Å². The van der Waals surface area contributed by atoms with E-state index in [0.29, 0.717) is 19.6 Å². The van der Waals surface area contributed by atoms with Gasteiger partial charge in [-0.05, 0) is 30.0 Å². The van der Waals surface area contributed by atoms with Crippen molar-refractivity contribution in [1.82, 2.24) is 10.3 Å². The average Bonchev–Trinajstić information content (AvgIpc) is 2.79. The van der Waals surface area contributed by atoms with E-state index in [9.17, 15) is 5.11 Å². The van der Waals surface area contributed by atoms with E-state index < -0.39 is 5.60 Å². The maximum Gasteiger partial charge on any atom is 0.105 e. The molecular weight excluding hydrogens is 252 g/mol. The maximum atomic E-state index is 10.4. The smallest absolute Gasteiger partial charge is 0.105 e. The maximum absolute atomic E-state index is 10.4. The highest BCUT2D eigenvalue weighted by molar-refractivity contribution is 5.81. The van der Waals surface area contributed by atoms with Gasteiger partial charge in [0.2, 0.25) is 0 Å². The van der Waals surface area contributed by atoms with Crippen molar-refractivity contribution in [3.63, 3.8) is 0 Å². The highest BCUT2D eigenvalue weighted by Gasteiger charge is 2.38. The van der Waals surface area contributed by atoms with E-state index in [1.54, 1.807) is 6.20 Å². The number of fused-ring (bicyclic) bond motifs is 1. The summed E-state index contributed by atoms with van der Waals surface area (Å²) in [7, 11) is 0. The third-order valence-electron chi connectivity index (χ3n) is 4.12. The molecule has 1 aliphatic heterocycles. The van der Waals surface area contributed by atoms with Gasteiger partial charge in [0.1, 0.15) is 5.60 Å². The van der Waals surface area contributed by atoms with E-state index in [4.69, 9.17) is 4.74 Å². The van der Waals surface area contributed by atoms with Crippen LogP contribution in [0.1, 0.15) is 18.9 Å². The summed E-state index contributed by atoms with van der Waals surface area (Å²) in [5.74, 6) is 0. The Morgan fingerprint density at radius 1 is 1.40 bits per heavy atom. The standard InChI is InChI=1S/C16H20N2O2/c1-12-16(19,5-7-20-12)11-18-9-13-2-3-15-10-17-6-4-14(15)8-13/h2-4,6,8,10,12,18-19H,5,7,9,11H2,1H3. The minimum absolute atomic E-state index is 0.0994. The fraction of sp³-hybridized carbons (Fsp3) is 0.438. The van der Waals surface area contributed by atoms with Gasteiger partial charge >= 0.3 is 0 Å². The van der Waals surface area contributed by atoms with Crippen molar-refractivity contribution < 1.29 is 9.84 Å². The van der Waals surface area contributed by atoms with Crippen molar-refractivity contribution in [2.75, 3.05) is 13.2 Å². The number of aliphatic hydroxyl groups is 1. The van der Waals surface area contributed by atoms with Crippen LogP contribution in [0.15, 0.2) is 36.7 Å². The molecule has 2 atom stereocenters. The van der Waals surface area contributed by atoms with Crippen molar-refractivity contribution in [3.05, 3.63) is 42.2 Å². The fourth-order valence-electron chi connectivity index (χ4n) is 2.67. The molecule has 1 aromatic heterocycles. The second-order valence-corrected chi connectivity index (χ2v) is 5.53. The number of hydrogen-bond donors (Lipinski definition) is 2. The molecular formula is C16H20N2O2. The zero-order valence-electron chi connectivity index (χ0n) is 11.7. The first-order valence-electron chi connectivity index (χ1n) is 7.05. The number of hydrogen-bond acceptors (Lipinski definition) is 4. The second-order valence-electron chi connectivity index (χ2n) is 5.53. The Morgan fingerprint density at radius 2 is 2.30 bits per heavy atom. The molecule has 4 heteroatoms. The van der Waals surface area contributed by atoms with Crippen molar-refractivity contribution in [2.45, 2.75) is 31.6 Å². The van der Waals surface area contributed by atoms with Crippen molar-refractivity contribution in [3.8, 4) is 0 Å².